The summed E-state index contributed by atoms with van der Waals surface area (Å²) in [6.07, 6.45) is -3.85. The molecular formula is C33H26F5N7O4. The molecule has 0 bridgehead atoms. The van der Waals surface area contributed by atoms with Crippen molar-refractivity contribution >= 4 is 34.2 Å². The number of aryl methyl sites for hydroxylation is 1. The number of nitrogens with one attached hydrogen (secondary N) is 2. The first-order chi connectivity index (χ1) is 23.1. The number of anilines is 2. The second-order valence-corrected chi connectivity index (χ2v) is 11.7. The molecule has 5 N–H and O–H groups in total. The second-order valence-electron chi connectivity index (χ2n) is 11.7. The molecule has 2 amide bonds. The maximum Gasteiger partial charge on any atom is 0.424 e. The van der Waals surface area contributed by atoms with Crippen LogP contribution in [0.5, 0.6) is 5.75 Å². The summed E-state index contributed by atoms with van der Waals surface area (Å²) in [4.78, 5) is 34.4. The Kier molecular flexibility index (Phi) is 8.14. The molecule has 0 saturated heterocycles. The number of carbonyl (C=O) groups is 2. The number of benzene rings is 2. The van der Waals surface area contributed by atoms with Crippen LogP contribution in [0.15, 0.2) is 66.9 Å². The Bertz CT molecular complexity index is 2110. The van der Waals surface area contributed by atoms with Gasteiger partial charge >= 0.3 is 6.18 Å². The van der Waals surface area contributed by atoms with Crippen LogP contribution >= 0.6 is 0 Å². The summed E-state index contributed by atoms with van der Waals surface area (Å²) in [5.41, 5.74) is 0.282. The van der Waals surface area contributed by atoms with Gasteiger partial charge in [0.1, 0.15) is 29.3 Å². The zero-order valence-electron chi connectivity index (χ0n) is 25.7. The first-order valence-electron chi connectivity index (χ1n) is 14.6. The molecular weight excluding hydrogens is 653 g/mol. The number of aliphatic hydroxyl groups is 1. The fraction of sp³-hybridized carbons (Fsp3) is 0.212. The average molecular weight is 680 g/mol. The van der Waals surface area contributed by atoms with E-state index < -0.39 is 53.0 Å². The minimum absolute atomic E-state index is 0.0591. The van der Waals surface area contributed by atoms with Crippen LogP contribution in [-0.4, -0.2) is 56.4 Å². The zero-order valence-corrected chi connectivity index (χ0v) is 25.7. The summed E-state index contributed by atoms with van der Waals surface area (Å²) in [6, 6.07) is 12.2. The standard InChI is InChI=1S/C33H26F5N7O4/c1-16-9-18-10-19(11-22(26(18)40-13-16)42-25-8-7-24(35)44-45-25)29(46)41-14-32(48,33(36,37)38)23-12-21-28(49-15-31(21,2)30(39)47)27(43-23)17-3-5-20(34)6-4-17/h3-13,48H,14-15H2,1-2H3,(H2,39,47)(H,41,46)(H,42,45)/t31-,32?/m0/s1. The van der Waals surface area contributed by atoms with Crippen molar-refractivity contribution in [2.75, 3.05) is 18.5 Å². The predicted octanol–water partition coefficient (Wildman–Crippen LogP) is 4.73. The van der Waals surface area contributed by atoms with Crippen LogP contribution in [0, 0.1) is 18.7 Å². The van der Waals surface area contributed by atoms with Gasteiger partial charge in [0.05, 0.1) is 23.4 Å². The van der Waals surface area contributed by atoms with Crippen LogP contribution in [0.25, 0.3) is 22.2 Å². The fourth-order valence-electron chi connectivity index (χ4n) is 5.36. The molecule has 4 heterocycles. The summed E-state index contributed by atoms with van der Waals surface area (Å²) in [5.74, 6) is -3.34. The maximum atomic E-state index is 14.8. The lowest BCUT2D eigenvalue weighted by atomic mass is 9.81. The third-order valence-electron chi connectivity index (χ3n) is 8.21. The Morgan fingerprint density at radius 3 is 2.43 bits per heavy atom. The molecule has 0 fully saturated rings. The highest BCUT2D eigenvalue weighted by Gasteiger charge is 2.57. The van der Waals surface area contributed by atoms with Gasteiger partial charge in [-0.25, -0.2) is 9.37 Å². The quantitative estimate of drug-likeness (QED) is 0.170. The van der Waals surface area contributed by atoms with Crippen molar-refractivity contribution in [1.82, 2.24) is 25.5 Å². The van der Waals surface area contributed by atoms with E-state index in [1.165, 1.54) is 37.3 Å². The second kappa shape index (κ2) is 12.0. The Balaban J connectivity index is 1.40. The highest BCUT2D eigenvalue weighted by molar-refractivity contribution is 6.03. The molecule has 1 aliphatic rings. The van der Waals surface area contributed by atoms with Crippen molar-refractivity contribution in [2.45, 2.75) is 31.0 Å². The average Bonchev–Trinajstić information content (AvgIpc) is 3.41. The molecule has 6 rings (SSSR count). The third kappa shape index (κ3) is 6.06. The van der Waals surface area contributed by atoms with Crippen molar-refractivity contribution in [3.63, 3.8) is 0 Å². The number of halogens is 5. The highest BCUT2D eigenvalue weighted by atomic mass is 19.4. The van der Waals surface area contributed by atoms with E-state index in [0.29, 0.717) is 10.9 Å². The van der Waals surface area contributed by atoms with E-state index >= 15 is 0 Å². The smallest absolute Gasteiger partial charge is 0.424 e. The first-order valence-corrected chi connectivity index (χ1v) is 14.6. The lowest BCUT2D eigenvalue weighted by Gasteiger charge is -2.31. The van der Waals surface area contributed by atoms with Crippen molar-refractivity contribution in [3.8, 4) is 17.0 Å². The van der Waals surface area contributed by atoms with Crippen LogP contribution in [0.1, 0.15) is 34.1 Å². The molecule has 49 heavy (non-hydrogen) atoms. The number of ether oxygens (including phenoxy) is 1. The van der Waals surface area contributed by atoms with Gasteiger partial charge in [0.15, 0.2) is 5.82 Å². The largest absolute Gasteiger partial charge is 0.489 e. The van der Waals surface area contributed by atoms with Gasteiger partial charge in [-0.1, -0.05) is 0 Å². The van der Waals surface area contributed by atoms with Gasteiger partial charge in [-0.05, 0) is 80.1 Å². The minimum atomic E-state index is -5.41. The lowest BCUT2D eigenvalue weighted by molar-refractivity contribution is -0.265. The molecule has 0 aliphatic carbocycles. The van der Waals surface area contributed by atoms with E-state index in [1.54, 1.807) is 19.2 Å². The summed E-state index contributed by atoms with van der Waals surface area (Å²) < 4.78 is 77.3. The van der Waals surface area contributed by atoms with E-state index in [2.05, 4.69) is 30.8 Å². The molecule has 5 aromatic rings. The van der Waals surface area contributed by atoms with E-state index in [4.69, 9.17) is 10.5 Å². The third-order valence-corrected chi connectivity index (χ3v) is 8.21. The van der Waals surface area contributed by atoms with Gasteiger partial charge in [0.2, 0.25) is 17.5 Å². The molecule has 0 radical (unpaired) electrons. The molecule has 1 aliphatic heterocycles. The lowest BCUT2D eigenvalue weighted by Crippen LogP contribution is -2.51. The molecule has 1 unspecified atom stereocenters. The molecule has 16 heteroatoms. The van der Waals surface area contributed by atoms with E-state index in [0.717, 1.165) is 29.8 Å². The number of primary amides is 1. The number of nitrogens with two attached hydrogens (primary N) is 1. The number of amides is 2. The Labute approximate surface area is 274 Å². The number of alkyl halides is 3. The number of hydrogen-bond acceptors (Lipinski definition) is 9. The Morgan fingerprint density at radius 1 is 1.04 bits per heavy atom. The van der Waals surface area contributed by atoms with Gasteiger partial charge in [-0.3, -0.25) is 14.6 Å². The normalized spacial score (nSPS) is 16.8. The Hall–Kier alpha value is -5.77. The van der Waals surface area contributed by atoms with Crippen molar-refractivity contribution in [3.05, 3.63) is 101 Å². The number of fused-ring (bicyclic) bond motifs is 2. The molecule has 0 saturated carbocycles. The molecule has 11 nitrogen and oxygen atoms in total. The van der Waals surface area contributed by atoms with Crippen molar-refractivity contribution < 1.29 is 41.4 Å². The summed E-state index contributed by atoms with van der Waals surface area (Å²) in [7, 11) is 0. The first kappa shape index (κ1) is 33.1. The summed E-state index contributed by atoms with van der Waals surface area (Å²) in [5, 5.41) is 23.9. The molecule has 3 aromatic heterocycles. The number of carbonyl (C=O) groups excluding carboxylic acids is 2. The topological polar surface area (TPSA) is 165 Å². The highest BCUT2D eigenvalue weighted by Crippen LogP contribution is 2.47. The van der Waals surface area contributed by atoms with Crippen LogP contribution in [0.4, 0.5) is 33.5 Å². The summed E-state index contributed by atoms with van der Waals surface area (Å²) in [6.45, 7) is 1.38. The zero-order chi connectivity index (χ0) is 35.3. The monoisotopic (exact) mass is 679 g/mol. The number of nitrogens with zero attached hydrogens (tertiary/aromatic N) is 4. The van der Waals surface area contributed by atoms with E-state index in [-0.39, 0.29) is 46.2 Å². The van der Waals surface area contributed by atoms with Crippen molar-refractivity contribution in [1.29, 1.82) is 0 Å². The van der Waals surface area contributed by atoms with Crippen LogP contribution < -0.4 is 21.1 Å². The van der Waals surface area contributed by atoms with Gasteiger partial charge in [0, 0.05) is 28.3 Å². The van der Waals surface area contributed by atoms with Gasteiger partial charge < -0.3 is 26.2 Å². The minimum Gasteiger partial charge on any atom is -0.489 e. The number of pyridine rings is 2. The Morgan fingerprint density at radius 2 is 1.78 bits per heavy atom. The molecule has 2 atom stereocenters. The van der Waals surface area contributed by atoms with Crippen LogP contribution in [-0.2, 0) is 15.8 Å². The van der Waals surface area contributed by atoms with Gasteiger partial charge in [-0.2, -0.15) is 17.6 Å². The van der Waals surface area contributed by atoms with Crippen molar-refractivity contribution in [2.24, 2.45) is 5.73 Å². The molecule has 2 aromatic carbocycles. The maximum absolute atomic E-state index is 14.8. The van der Waals surface area contributed by atoms with Crippen LogP contribution in [0.3, 0.4) is 0 Å². The van der Waals surface area contributed by atoms with E-state index in [9.17, 15) is 36.6 Å². The number of rotatable bonds is 8. The number of aromatic nitrogens is 4. The summed E-state index contributed by atoms with van der Waals surface area (Å²) >= 11 is 0. The SMILES string of the molecule is Cc1cnc2c(Nc3ccc(F)nn3)cc(C(=O)NCC(O)(c3cc4c(c(-c5ccc(F)cc5)n3)OC[C@]4(C)C(N)=O)C(F)(F)F)cc2c1. The number of hydrogen-bond donors (Lipinski definition) is 4. The molecule has 0 spiro atoms. The van der Waals surface area contributed by atoms with Gasteiger partial charge in [0.25, 0.3) is 5.91 Å². The van der Waals surface area contributed by atoms with Gasteiger partial charge in [-0.15, -0.1) is 10.2 Å². The van der Waals surface area contributed by atoms with Crippen LogP contribution in [0.2, 0.25) is 0 Å². The van der Waals surface area contributed by atoms with E-state index in [1.807, 2.05) is 0 Å². The molecule has 252 valence electrons. The fourth-order valence-corrected chi connectivity index (χ4v) is 5.36. The predicted molar refractivity (Wildman–Crippen MR) is 166 cm³/mol.